The molecule has 0 saturated carbocycles. The second kappa shape index (κ2) is 6.19. The van der Waals surface area contributed by atoms with Crippen LogP contribution in [0.3, 0.4) is 0 Å². The van der Waals surface area contributed by atoms with Crippen molar-refractivity contribution in [3.63, 3.8) is 0 Å². The first-order valence-electron chi connectivity index (χ1n) is 6.12. The highest BCUT2D eigenvalue weighted by Crippen LogP contribution is 2.34. The number of hydroxylamine groups is 2. The highest BCUT2D eigenvalue weighted by Gasteiger charge is 2.34. The van der Waals surface area contributed by atoms with Gasteiger partial charge in [0.05, 0.1) is 31.7 Å². The summed E-state index contributed by atoms with van der Waals surface area (Å²) in [5.41, 5.74) is 1.07. The fourth-order valence-corrected chi connectivity index (χ4v) is 2.17. The topological polar surface area (TPSA) is 69.3 Å². The molecular weight excluding hydrogens is 242 g/mol. The lowest BCUT2D eigenvalue weighted by molar-refractivity contribution is -0.148. The summed E-state index contributed by atoms with van der Waals surface area (Å²) in [6.45, 7) is 0.505. The second-order valence-corrected chi connectivity index (χ2v) is 4.30. The van der Waals surface area contributed by atoms with Crippen LogP contribution in [-0.4, -0.2) is 24.8 Å². The molecular formula is C14H15N3O2. The average molecular weight is 257 g/mol. The zero-order chi connectivity index (χ0) is 13.7. The minimum Gasteiger partial charge on any atom is -0.497 e. The molecule has 1 aromatic rings. The molecule has 2 atom stereocenters. The second-order valence-electron chi connectivity index (χ2n) is 4.30. The minimum absolute atomic E-state index is 0.0175. The number of methoxy groups -OCH3 is 1. The molecule has 19 heavy (non-hydrogen) atoms. The van der Waals surface area contributed by atoms with E-state index in [4.69, 9.17) is 20.1 Å². The molecule has 0 spiro atoms. The predicted octanol–water partition coefficient (Wildman–Crippen LogP) is 2.18. The lowest BCUT2D eigenvalue weighted by atomic mass is 10.0. The van der Waals surface area contributed by atoms with Gasteiger partial charge in [-0.2, -0.15) is 15.6 Å². The molecule has 5 nitrogen and oxygen atoms in total. The third kappa shape index (κ3) is 3.03. The Morgan fingerprint density at radius 1 is 1.37 bits per heavy atom. The molecule has 1 saturated heterocycles. The number of rotatable bonds is 4. The van der Waals surface area contributed by atoms with E-state index < -0.39 is 6.10 Å². The number of benzene rings is 1. The van der Waals surface area contributed by atoms with Crippen molar-refractivity contribution in [1.29, 1.82) is 10.5 Å². The van der Waals surface area contributed by atoms with Crippen LogP contribution in [0.25, 0.3) is 0 Å². The monoisotopic (exact) mass is 257 g/mol. The average Bonchev–Trinajstić information content (AvgIpc) is 2.88. The molecule has 1 unspecified atom stereocenters. The number of nitrogens with zero attached hydrogens (tertiary/aromatic N) is 3. The van der Waals surface area contributed by atoms with Crippen molar-refractivity contribution >= 4 is 0 Å². The van der Waals surface area contributed by atoms with Crippen LogP contribution in [0.2, 0.25) is 0 Å². The number of hydrogen-bond donors (Lipinski definition) is 0. The quantitative estimate of drug-likeness (QED) is 0.826. The van der Waals surface area contributed by atoms with E-state index in [1.165, 1.54) is 0 Å². The standard InChI is InChI=1S/C14H15N3O2/c1-18-12-5-3-11(4-6-12)14-9-13(10-16)19-17(14)8-2-7-15/h3-6,13-14H,2,8-9H2,1H3/t13?,14-/m1/s1. The Kier molecular flexibility index (Phi) is 4.35. The molecule has 1 fully saturated rings. The van der Waals surface area contributed by atoms with E-state index in [2.05, 4.69) is 12.1 Å². The molecule has 0 aliphatic carbocycles. The molecule has 0 radical (unpaired) electrons. The van der Waals surface area contributed by atoms with Crippen LogP contribution in [0.4, 0.5) is 0 Å². The first-order valence-corrected chi connectivity index (χ1v) is 6.12. The SMILES string of the molecule is COc1ccc([C@H]2CC(C#N)ON2CCC#N)cc1. The van der Waals surface area contributed by atoms with Gasteiger partial charge in [-0.3, -0.25) is 4.84 Å². The lowest BCUT2D eigenvalue weighted by Gasteiger charge is -2.21. The van der Waals surface area contributed by atoms with Crippen LogP contribution in [0.5, 0.6) is 5.75 Å². The zero-order valence-corrected chi connectivity index (χ0v) is 10.7. The number of ether oxygens (including phenoxy) is 1. The molecule has 1 aliphatic rings. The Balaban J connectivity index is 2.15. The smallest absolute Gasteiger partial charge is 0.167 e. The van der Waals surface area contributed by atoms with E-state index in [1.54, 1.807) is 12.2 Å². The van der Waals surface area contributed by atoms with Crippen molar-refractivity contribution in [2.75, 3.05) is 13.7 Å². The van der Waals surface area contributed by atoms with Crippen molar-refractivity contribution in [3.8, 4) is 17.9 Å². The van der Waals surface area contributed by atoms with E-state index >= 15 is 0 Å². The Morgan fingerprint density at radius 3 is 2.68 bits per heavy atom. The van der Waals surface area contributed by atoms with Crippen LogP contribution in [0.1, 0.15) is 24.4 Å². The predicted molar refractivity (Wildman–Crippen MR) is 67.8 cm³/mol. The zero-order valence-electron chi connectivity index (χ0n) is 10.7. The Labute approximate surface area is 112 Å². The summed E-state index contributed by atoms with van der Waals surface area (Å²) in [4.78, 5) is 5.53. The molecule has 0 amide bonds. The van der Waals surface area contributed by atoms with Gasteiger partial charge in [0, 0.05) is 13.0 Å². The van der Waals surface area contributed by atoms with Crippen LogP contribution in [0.15, 0.2) is 24.3 Å². The van der Waals surface area contributed by atoms with Gasteiger partial charge in [-0.1, -0.05) is 12.1 Å². The first kappa shape index (κ1) is 13.4. The fraction of sp³-hybridized carbons (Fsp3) is 0.429. The van der Waals surface area contributed by atoms with E-state index in [0.29, 0.717) is 19.4 Å². The highest BCUT2D eigenvalue weighted by atomic mass is 16.7. The summed E-state index contributed by atoms with van der Waals surface area (Å²) < 4.78 is 5.13. The van der Waals surface area contributed by atoms with Crippen molar-refractivity contribution < 1.29 is 9.57 Å². The number of hydrogen-bond acceptors (Lipinski definition) is 5. The van der Waals surface area contributed by atoms with E-state index in [-0.39, 0.29) is 6.04 Å². The molecule has 0 aromatic heterocycles. The molecule has 2 rings (SSSR count). The third-order valence-electron chi connectivity index (χ3n) is 3.14. The van der Waals surface area contributed by atoms with Gasteiger partial charge in [0.1, 0.15) is 5.75 Å². The number of nitriles is 2. The summed E-state index contributed by atoms with van der Waals surface area (Å²) in [6, 6.07) is 11.9. The maximum Gasteiger partial charge on any atom is 0.167 e. The van der Waals surface area contributed by atoms with Gasteiger partial charge in [-0.05, 0) is 17.7 Å². The summed E-state index contributed by atoms with van der Waals surface area (Å²) in [5.74, 6) is 0.795. The van der Waals surface area contributed by atoms with Crippen LogP contribution >= 0.6 is 0 Å². The molecule has 98 valence electrons. The van der Waals surface area contributed by atoms with Crippen LogP contribution in [-0.2, 0) is 4.84 Å². The van der Waals surface area contributed by atoms with Crippen molar-refractivity contribution in [2.24, 2.45) is 0 Å². The van der Waals surface area contributed by atoms with Crippen LogP contribution < -0.4 is 4.74 Å². The highest BCUT2D eigenvalue weighted by molar-refractivity contribution is 5.29. The summed E-state index contributed by atoms with van der Waals surface area (Å²) >= 11 is 0. The fourth-order valence-electron chi connectivity index (χ4n) is 2.17. The van der Waals surface area contributed by atoms with E-state index in [1.807, 2.05) is 24.3 Å². The van der Waals surface area contributed by atoms with Gasteiger partial charge >= 0.3 is 0 Å². The molecule has 0 bridgehead atoms. The largest absolute Gasteiger partial charge is 0.497 e. The van der Waals surface area contributed by atoms with Crippen molar-refractivity contribution in [2.45, 2.75) is 25.0 Å². The molecule has 0 N–H and O–H groups in total. The Bertz CT molecular complexity index is 501. The lowest BCUT2D eigenvalue weighted by Crippen LogP contribution is -2.23. The van der Waals surface area contributed by atoms with E-state index in [9.17, 15) is 0 Å². The Morgan fingerprint density at radius 2 is 2.11 bits per heavy atom. The third-order valence-corrected chi connectivity index (χ3v) is 3.14. The van der Waals surface area contributed by atoms with Gasteiger partial charge in [-0.15, -0.1) is 0 Å². The van der Waals surface area contributed by atoms with Gasteiger partial charge < -0.3 is 4.74 Å². The maximum absolute atomic E-state index is 8.97. The molecule has 5 heteroatoms. The van der Waals surface area contributed by atoms with Crippen molar-refractivity contribution in [3.05, 3.63) is 29.8 Å². The molecule has 1 aromatic carbocycles. The summed E-state index contributed by atoms with van der Waals surface area (Å²) in [6.07, 6.45) is 0.560. The van der Waals surface area contributed by atoms with Gasteiger partial charge in [0.2, 0.25) is 0 Å². The normalized spacial score (nSPS) is 22.7. The maximum atomic E-state index is 8.97. The van der Waals surface area contributed by atoms with Crippen molar-refractivity contribution in [1.82, 2.24) is 5.06 Å². The van der Waals surface area contributed by atoms with E-state index in [0.717, 1.165) is 11.3 Å². The summed E-state index contributed by atoms with van der Waals surface area (Å²) in [7, 11) is 1.62. The van der Waals surface area contributed by atoms with Gasteiger partial charge in [0.25, 0.3) is 0 Å². The van der Waals surface area contributed by atoms with Gasteiger partial charge in [-0.25, -0.2) is 0 Å². The first-order chi connectivity index (χ1) is 9.28. The van der Waals surface area contributed by atoms with Crippen LogP contribution in [0, 0.1) is 22.7 Å². The summed E-state index contributed by atoms with van der Waals surface area (Å²) in [5, 5.41) is 19.4. The molecule has 1 aliphatic heterocycles. The molecule has 1 heterocycles. The Hall–Kier alpha value is -2.08. The van der Waals surface area contributed by atoms with Gasteiger partial charge in [0.15, 0.2) is 6.10 Å². The minimum atomic E-state index is -0.439.